The molecule has 1 saturated carbocycles. The lowest BCUT2D eigenvalue weighted by molar-refractivity contribution is -0.125. The fourth-order valence-corrected chi connectivity index (χ4v) is 2.58. The molecule has 0 radical (unpaired) electrons. The number of hydrogen-bond donors (Lipinski definition) is 0. The van der Waals surface area contributed by atoms with Crippen molar-refractivity contribution < 1.29 is 4.79 Å². The molecule has 0 bridgehead atoms. The molecule has 2 aromatic rings. The highest BCUT2D eigenvalue weighted by molar-refractivity contribution is 5.97. The first-order valence-corrected chi connectivity index (χ1v) is 5.98. The highest BCUT2D eigenvalue weighted by atomic mass is 16.1. The summed E-state index contributed by atoms with van der Waals surface area (Å²) in [7, 11) is 0. The van der Waals surface area contributed by atoms with E-state index in [1.54, 1.807) is 0 Å². The van der Waals surface area contributed by atoms with Crippen LogP contribution in [0.1, 0.15) is 29.9 Å². The van der Waals surface area contributed by atoms with E-state index in [1.807, 2.05) is 18.2 Å². The molecule has 0 aromatic heterocycles. The minimum Gasteiger partial charge on any atom is -0.299 e. The van der Waals surface area contributed by atoms with E-state index in [0.29, 0.717) is 5.78 Å². The molecule has 2 aromatic carbocycles. The Balaban J connectivity index is 2.25. The zero-order valence-electron chi connectivity index (χ0n) is 9.65. The van der Waals surface area contributed by atoms with Crippen molar-refractivity contribution >= 4 is 22.6 Å². The first kappa shape index (κ1) is 10.3. The summed E-state index contributed by atoms with van der Waals surface area (Å²) in [4.78, 5) is 11.6. The first-order chi connectivity index (χ1) is 8.31. The Morgan fingerprint density at radius 2 is 2.00 bits per heavy atom. The third-order valence-corrected chi connectivity index (χ3v) is 3.65. The summed E-state index contributed by atoms with van der Waals surface area (Å²) < 4.78 is 0. The Morgan fingerprint density at radius 3 is 2.65 bits per heavy atom. The topological polar surface area (TPSA) is 17.1 Å². The second-order valence-corrected chi connectivity index (χ2v) is 4.55. The summed E-state index contributed by atoms with van der Waals surface area (Å²) >= 11 is 0. The number of benzene rings is 2. The summed E-state index contributed by atoms with van der Waals surface area (Å²) in [5, 5.41) is 2.40. The second-order valence-electron chi connectivity index (χ2n) is 4.55. The van der Waals surface area contributed by atoms with Gasteiger partial charge in [-0.3, -0.25) is 4.79 Å². The van der Waals surface area contributed by atoms with Gasteiger partial charge in [-0.25, -0.2) is 0 Å². The fourth-order valence-electron chi connectivity index (χ4n) is 2.58. The number of ketones is 1. The number of carbonyl (C=O) groups is 1. The Bertz CT molecular complexity index is 610. The van der Waals surface area contributed by atoms with Gasteiger partial charge in [-0.2, -0.15) is 0 Å². The molecular weight excluding hydrogens is 208 g/mol. The monoisotopic (exact) mass is 222 g/mol. The summed E-state index contributed by atoms with van der Waals surface area (Å²) in [5.74, 6) is 0.469. The molecule has 0 N–H and O–H groups in total. The van der Waals surface area contributed by atoms with Gasteiger partial charge in [0, 0.05) is 12.3 Å². The predicted octanol–water partition coefficient (Wildman–Crippen LogP) is 3.93. The number of rotatable bonds is 2. The van der Waals surface area contributed by atoms with Gasteiger partial charge in [-0.1, -0.05) is 49.1 Å². The highest BCUT2D eigenvalue weighted by Gasteiger charge is 2.31. The maximum atomic E-state index is 11.6. The third kappa shape index (κ3) is 1.50. The average molecular weight is 222 g/mol. The van der Waals surface area contributed by atoms with Crippen molar-refractivity contribution in [2.75, 3.05) is 0 Å². The van der Waals surface area contributed by atoms with Gasteiger partial charge in [-0.15, -0.1) is 0 Å². The number of fused-ring (bicyclic) bond motifs is 1. The molecule has 0 amide bonds. The van der Waals surface area contributed by atoms with Crippen LogP contribution < -0.4 is 0 Å². The van der Waals surface area contributed by atoms with Crippen LogP contribution >= 0.6 is 0 Å². The van der Waals surface area contributed by atoms with Crippen molar-refractivity contribution in [3.63, 3.8) is 0 Å². The van der Waals surface area contributed by atoms with E-state index in [2.05, 4.69) is 30.8 Å². The van der Waals surface area contributed by atoms with E-state index in [9.17, 15) is 4.79 Å². The molecular formula is C16H14O. The molecule has 1 nitrogen and oxygen atoms in total. The van der Waals surface area contributed by atoms with Crippen LogP contribution in [0.2, 0.25) is 0 Å². The van der Waals surface area contributed by atoms with Gasteiger partial charge in [0.2, 0.25) is 0 Å². The van der Waals surface area contributed by atoms with Gasteiger partial charge in [0.05, 0.1) is 0 Å². The molecule has 0 unspecified atom stereocenters. The first-order valence-electron chi connectivity index (χ1n) is 5.98. The summed E-state index contributed by atoms with van der Waals surface area (Å²) in [5.41, 5.74) is 2.27. The van der Waals surface area contributed by atoms with Crippen molar-refractivity contribution in [2.45, 2.75) is 18.8 Å². The molecule has 0 spiro atoms. The second kappa shape index (κ2) is 3.85. The van der Waals surface area contributed by atoms with Gasteiger partial charge in [0.1, 0.15) is 5.78 Å². The normalized spacial score (nSPS) is 19.1. The average Bonchev–Trinajstić information content (AvgIpc) is 2.36. The van der Waals surface area contributed by atoms with Crippen molar-refractivity contribution in [2.24, 2.45) is 0 Å². The standard InChI is InChI=1S/C16H14O/c1-2-12-13-6-4-3-5-11(13)7-8-14(12)15-9-10-16(15)17/h2-8,15H,1,9-10H2/t15-/m0/s1. The number of carbonyl (C=O) groups excluding carboxylic acids is 1. The summed E-state index contributed by atoms with van der Waals surface area (Å²) in [6.07, 6.45) is 3.59. The smallest absolute Gasteiger partial charge is 0.140 e. The number of hydrogen-bond acceptors (Lipinski definition) is 1. The molecule has 1 heteroatoms. The van der Waals surface area contributed by atoms with Crippen LogP contribution in [0.5, 0.6) is 0 Å². The van der Waals surface area contributed by atoms with Crippen molar-refractivity contribution in [3.8, 4) is 0 Å². The molecule has 1 fully saturated rings. The minimum absolute atomic E-state index is 0.104. The van der Waals surface area contributed by atoms with Crippen LogP contribution in [-0.2, 0) is 4.79 Å². The molecule has 0 aliphatic heterocycles. The van der Waals surface area contributed by atoms with E-state index >= 15 is 0 Å². The molecule has 1 aliphatic rings. The van der Waals surface area contributed by atoms with E-state index < -0.39 is 0 Å². The lowest BCUT2D eigenvalue weighted by atomic mass is 9.76. The van der Waals surface area contributed by atoms with Gasteiger partial charge in [0.25, 0.3) is 0 Å². The fraction of sp³-hybridized carbons (Fsp3) is 0.188. The van der Waals surface area contributed by atoms with Crippen LogP contribution in [0, 0.1) is 0 Å². The van der Waals surface area contributed by atoms with E-state index in [4.69, 9.17) is 0 Å². The molecule has 0 heterocycles. The largest absolute Gasteiger partial charge is 0.299 e. The van der Waals surface area contributed by atoms with E-state index in [0.717, 1.165) is 24.0 Å². The van der Waals surface area contributed by atoms with E-state index in [-0.39, 0.29) is 5.92 Å². The Hall–Kier alpha value is -1.89. The van der Waals surface area contributed by atoms with E-state index in [1.165, 1.54) is 10.8 Å². The van der Waals surface area contributed by atoms with Crippen molar-refractivity contribution in [3.05, 3.63) is 54.1 Å². The van der Waals surface area contributed by atoms with Crippen molar-refractivity contribution in [1.29, 1.82) is 0 Å². The summed E-state index contributed by atoms with van der Waals surface area (Å²) in [6, 6.07) is 12.4. The molecule has 1 aliphatic carbocycles. The Morgan fingerprint density at radius 1 is 1.18 bits per heavy atom. The predicted molar refractivity (Wildman–Crippen MR) is 71.0 cm³/mol. The van der Waals surface area contributed by atoms with Crippen LogP contribution in [0.15, 0.2) is 43.0 Å². The minimum atomic E-state index is 0.104. The molecule has 3 rings (SSSR count). The molecule has 0 saturated heterocycles. The van der Waals surface area contributed by atoms with Crippen LogP contribution in [0.4, 0.5) is 0 Å². The van der Waals surface area contributed by atoms with Gasteiger partial charge < -0.3 is 0 Å². The molecule has 1 atom stereocenters. The Kier molecular flexibility index (Phi) is 2.32. The SMILES string of the molecule is C=Cc1c([C@@H]2CCC2=O)ccc2ccccc12. The highest BCUT2D eigenvalue weighted by Crippen LogP contribution is 2.37. The van der Waals surface area contributed by atoms with Crippen LogP contribution in [0.25, 0.3) is 16.8 Å². The Labute approximate surface area is 101 Å². The third-order valence-electron chi connectivity index (χ3n) is 3.65. The number of Topliss-reactive ketones (excluding diaryl/α,β-unsaturated/α-hetero) is 1. The maximum absolute atomic E-state index is 11.6. The summed E-state index contributed by atoms with van der Waals surface area (Å²) in [6.45, 7) is 3.90. The quantitative estimate of drug-likeness (QED) is 0.752. The molecule has 17 heavy (non-hydrogen) atoms. The lowest BCUT2D eigenvalue weighted by Gasteiger charge is -2.26. The lowest BCUT2D eigenvalue weighted by Crippen LogP contribution is -2.23. The van der Waals surface area contributed by atoms with Gasteiger partial charge in [0.15, 0.2) is 0 Å². The van der Waals surface area contributed by atoms with Crippen molar-refractivity contribution in [1.82, 2.24) is 0 Å². The van der Waals surface area contributed by atoms with Crippen LogP contribution in [-0.4, -0.2) is 5.78 Å². The zero-order valence-corrected chi connectivity index (χ0v) is 9.65. The van der Waals surface area contributed by atoms with Gasteiger partial charge in [-0.05, 0) is 28.3 Å². The van der Waals surface area contributed by atoms with Gasteiger partial charge >= 0.3 is 0 Å². The zero-order chi connectivity index (χ0) is 11.8. The molecule has 84 valence electrons. The maximum Gasteiger partial charge on any atom is 0.140 e. The van der Waals surface area contributed by atoms with Crippen LogP contribution in [0.3, 0.4) is 0 Å².